The SMILES string of the molecule is O=C(O)c1ccc(CCCN2C(=O)CCC2C=CC(O)CCCc2ccccc2)s1. The van der Waals surface area contributed by atoms with Crippen molar-refractivity contribution in [2.45, 2.75) is 57.1 Å². The highest BCUT2D eigenvalue weighted by molar-refractivity contribution is 7.13. The molecule has 2 unspecified atom stereocenters. The highest BCUT2D eigenvalue weighted by Gasteiger charge is 2.28. The van der Waals surface area contributed by atoms with Gasteiger partial charge >= 0.3 is 5.97 Å². The summed E-state index contributed by atoms with van der Waals surface area (Å²) in [7, 11) is 0. The van der Waals surface area contributed by atoms with Gasteiger partial charge in [-0.3, -0.25) is 4.79 Å². The molecule has 1 amide bonds. The molecule has 1 saturated heterocycles. The Bertz CT molecular complexity index is 861. The highest BCUT2D eigenvalue weighted by atomic mass is 32.1. The average molecular weight is 428 g/mol. The number of hydrogen-bond acceptors (Lipinski definition) is 4. The van der Waals surface area contributed by atoms with Gasteiger partial charge in [0.25, 0.3) is 0 Å². The van der Waals surface area contributed by atoms with Gasteiger partial charge < -0.3 is 15.1 Å². The number of rotatable bonds is 11. The predicted molar refractivity (Wildman–Crippen MR) is 119 cm³/mol. The molecule has 1 fully saturated rings. The zero-order valence-corrected chi connectivity index (χ0v) is 17.9. The second-order valence-electron chi connectivity index (χ2n) is 7.70. The molecule has 1 aromatic carbocycles. The van der Waals surface area contributed by atoms with Gasteiger partial charge in [-0.1, -0.05) is 42.5 Å². The first kappa shape index (κ1) is 22.2. The number of nitrogens with zero attached hydrogens (tertiary/aromatic N) is 1. The van der Waals surface area contributed by atoms with E-state index < -0.39 is 12.1 Å². The second-order valence-corrected chi connectivity index (χ2v) is 8.87. The molecule has 2 N–H and O–H groups in total. The summed E-state index contributed by atoms with van der Waals surface area (Å²) in [4.78, 5) is 26.5. The molecule has 0 radical (unpaired) electrons. The number of thiophene rings is 1. The molecule has 3 rings (SSSR count). The van der Waals surface area contributed by atoms with E-state index in [2.05, 4.69) is 12.1 Å². The fourth-order valence-electron chi connectivity index (χ4n) is 3.81. The number of aryl methyl sites for hydroxylation is 2. The van der Waals surface area contributed by atoms with Crippen molar-refractivity contribution >= 4 is 23.2 Å². The van der Waals surface area contributed by atoms with Gasteiger partial charge in [-0.25, -0.2) is 4.79 Å². The Morgan fingerprint density at radius 1 is 1.17 bits per heavy atom. The first-order chi connectivity index (χ1) is 14.5. The van der Waals surface area contributed by atoms with Gasteiger partial charge in [0.1, 0.15) is 4.88 Å². The van der Waals surface area contributed by atoms with Crippen LogP contribution in [0.5, 0.6) is 0 Å². The van der Waals surface area contributed by atoms with E-state index in [4.69, 9.17) is 5.11 Å². The molecule has 1 aliphatic heterocycles. The van der Waals surface area contributed by atoms with Crippen LogP contribution in [0.2, 0.25) is 0 Å². The zero-order valence-electron chi connectivity index (χ0n) is 17.1. The number of benzene rings is 1. The number of carbonyl (C=O) groups is 2. The van der Waals surface area contributed by atoms with Crippen molar-refractivity contribution in [2.75, 3.05) is 6.54 Å². The maximum absolute atomic E-state index is 12.2. The van der Waals surface area contributed by atoms with Crippen LogP contribution in [0.25, 0.3) is 0 Å². The van der Waals surface area contributed by atoms with E-state index in [1.807, 2.05) is 41.3 Å². The number of aliphatic hydroxyl groups excluding tert-OH is 1. The smallest absolute Gasteiger partial charge is 0.345 e. The van der Waals surface area contributed by atoms with Crippen molar-refractivity contribution in [1.29, 1.82) is 0 Å². The molecule has 5 nitrogen and oxygen atoms in total. The van der Waals surface area contributed by atoms with Crippen LogP contribution in [-0.4, -0.2) is 45.7 Å². The molecule has 1 aliphatic rings. The second kappa shape index (κ2) is 11.1. The minimum atomic E-state index is -0.895. The summed E-state index contributed by atoms with van der Waals surface area (Å²) < 4.78 is 0. The number of carboxylic acids is 1. The van der Waals surface area contributed by atoms with E-state index in [9.17, 15) is 14.7 Å². The number of amides is 1. The van der Waals surface area contributed by atoms with E-state index >= 15 is 0 Å². The molecule has 160 valence electrons. The van der Waals surface area contributed by atoms with Crippen molar-refractivity contribution < 1.29 is 19.8 Å². The molecule has 2 heterocycles. The summed E-state index contributed by atoms with van der Waals surface area (Å²) in [5.41, 5.74) is 1.28. The van der Waals surface area contributed by atoms with E-state index in [1.165, 1.54) is 16.9 Å². The van der Waals surface area contributed by atoms with Crippen molar-refractivity contribution in [3.05, 3.63) is 69.9 Å². The molecule has 0 saturated carbocycles. The Balaban J connectivity index is 1.42. The summed E-state index contributed by atoms with van der Waals surface area (Å²) in [5, 5.41) is 19.3. The maximum atomic E-state index is 12.2. The minimum absolute atomic E-state index is 0.0409. The van der Waals surface area contributed by atoms with Gasteiger partial charge in [-0.15, -0.1) is 11.3 Å². The topological polar surface area (TPSA) is 77.8 Å². The fourth-order valence-corrected chi connectivity index (χ4v) is 4.70. The minimum Gasteiger partial charge on any atom is -0.477 e. The standard InChI is InChI=1S/C24H29NO4S/c26-20(9-4-8-18-6-2-1-3-7-18)13-11-19-12-16-23(27)25(19)17-5-10-21-14-15-22(30-21)24(28)29/h1-3,6-7,11,13-15,19-20,26H,4-5,8-10,12,16-17H2,(H,28,29). The van der Waals surface area contributed by atoms with E-state index in [1.54, 1.807) is 6.07 Å². The first-order valence-corrected chi connectivity index (χ1v) is 11.4. The number of likely N-dealkylation sites (tertiary alicyclic amines) is 1. The lowest BCUT2D eigenvalue weighted by Crippen LogP contribution is -2.33. The summed E-state index contributed by atoms with van der Waals surface area (Å²) in [6, 6.07) is 13.8. The van der Waals surface area contributed by atoms with Gasteiger partial charge in [0.05, 0.1) is 12.1 Å². The lowest BCUT2D eigenvalue weighted by atomic mass is 10.0. The third-order valence-corrected chi connectivity index (χ3v) is 6.57. The van der Waals surface area contributed by atoms with Gasteiger partial charge in [-0.05, 0) is 56.2 Å². The zero-order chi connectivity index (χ0) is 21.3. The molecular formula is C24H29NO4S. The highest BCUT2D eigenvalue weighted by Crippen LogP contribution is 2.23. The third-order valence-electron chi connectivity index (χ3n) is 5.43. The van der Waals surface area contributed by atoms with E-state index in [0.29, 0.717) is 24.3 Å². The molecule has 0 aliphatic carbocycles. The van der Waals surface area contributed by atoms with E-state index in [0.717, 1.165) is 37.0 Å². The summed E-state index contributed by atoms with van der Waals surface area (Å²) in [6.07, 6.45) is 8.78. The van der Waals surface area contributed by atoms with E-state index in [-0.39, 0.29) is 11.9 Å². The summed E-state index contributed by atoms with van der Waals surface area (Å²) in [6.45, 7) is 0.651. The van der Waals surface area contributed by atoms with Gasteiger partial charge in [-0.2, -0.15) is 0 Å². The van der Waals surface area contributed by atoms with Crippen LogP contribution in [-0.2, 0) is 17.6 Å². The summed E-state index contributed by atoms with van der Waals surface area (Å²) in [5.74, 6) is -0.742. The van der Waals surface area contributed by atoms with Crippen molar-refractivity contribution in [1.82, 2.24) is 4.90 Å². The lowest BCUT2D eigenvalue weighted by Gasteiger charge is -2.22. The van der Waals surface area contributed by atoms with Crippen LogP contribution in [0.1, 0.15) is 52.2 Å². The van der Waals surface area contributed by atoms with Gasteiger partial charge in [0, 0.05) is 17.8 Å². The Hall–Kier alpha value is -2.44. The first-order valence-electron chi connectivity index (χ1n) is 10.5. The van der Waals surface area contributed by atoms with Crippen molar-refractivity contribution in [2.24, 2.45) is 0 Å². The normalized spacial score (nSPS) is 17.7. The number of hydrogen-bond donors (Lipinski definition) is 2. The molecule has 6 heteroatoms. The van der Waals surface area contributed by atoms with Crippen LogP contribution < -0.4 is 0 Å². The fraction of sp³-hybridized carbons (Fsp3) is 0.417. The number of carbonyl (C=O) groups excluding carboxylic acids is 1. The van der Waals surface area contributed by atoms with Crippen LogP contribution in [0.15, 0.2) is 54.6 Å². The molecular weight excluding hydrogens is 398 g/mol. The van der Waals surface area contributed by atoms with Crippen molar-refractivity contribution in [3.63, 3.8) is 0 Å². The Morgan fingerprint density at radius 2 is 1.97 bits per heavy atom. The number of carboxylic acid groups (broad SMARTS) is 1. The summed E-state index contributed by atoms with van der Waals surface area (Å²) >= 11 is 1.30. The largest absolute Gasteiger partial charge is 0.477 e. The average Bonchev–Trinajstić information content (AvgIpc) is 3.35. The third kappa shape index (κ3) is 6.54. The molecule has 30 heavy (non-hydrogen) atoms. The number of aromatic carboxylic acids is 1. The van der Waals surface area contributed by atoms with Gasteiger partial charge in [0.2, 0.25) is 5.91 Å². The number of aliphatic hydroxyl groups is 1. The van der Waals surface area contributed by atoms with Crippen molar-refractivity contribution in [3.8, 4) is 0 Å². The lowest BCUT2D eigenvalue weighted by molar-refractivity contribution is -0.128. The van der Waals surface area contributed by atoms with Gasteiger partial charge in [0.15, 0.2) is 0 Å². The van der Waals surface area contributed by atoms with Crippen LogP contribution in [0, 0.1) is 0 Å². The van der Waals surface area contributed by atoms with Crippen LogP contribution in [0.4, 0.5) is 0 Å². The molecule has 2 aromatic rings. The molecule has 0 spiro atoms. The molecule has 1 aromatic heterocycles. The molecule has 2 atom stereocenters. The van der Waals surface area contributed by atoms with Crippen LogP contribution in [0.3, 0.4) is 0 Å². The maximum Gasteiger partial charge on any atom is 0.345 e. The van der Waals surface area contributed by atoms with Crippen LogP contribution >= 0.6 is 11.3 Å². The quantitative estimate of drug-likeness (QED) is 0.524. The Kier molecular flexibility index (Phi) is 8.22. The predicted octanol–water partition coefficient (Wildman–Crippen LogP) is 4.31. The molecule has 0 bridgehead atoms. The Morgan fingerprint density at radius 3 is 2.70 bits per heavy atom. The monoisotopic (exact) mass is 427 g/mol. The Labute approximate surface area is 181 Å².